The van der Waals surface area contributed by atoms with Crippen LogP contribution in [-0.4, -0.2) is 23.4 Å². The van der Waals surface area contributed by atoms with Gasteiger partial charge >= 0.3 is 0 Å². The third-order valence-corrected chi connectivity index (χ3v) is 3.12. The number of carbonyl (C=O) groups is 1. The Balaban J connectivity index is 0.00000200. The molecule has 2 rings (SSSR count). The summed E-state index contributed by atoms with van der Waals surface area (Å²) < 4.78 is 13.2. The van der Waals surface area contributed by atoms with Crippen molar-refractivity contribution in [1.29, 1.82) is 0 Å². The van der Waals surface area contributed by atoms with Crippen LogP contribution in [0.25, 0.3) is 0 Å². The lowest BCUT2D eigenvalue weighted by Crippen LogP contribution is -2.41. The van der Waals surface area contributed by atoms with Gasteiger partial charge in [0.25, 0.3) is 11.6 Å². The van der Waals surface area contributed by atoms with Crippen molar-refractivity contribution in [2.24, 2.45) is 11.7 Å². The minimum atomic E-state index is -0.810. The van der Waals surface area contributed by atoms with Crippen LogP contribution in [0.2, 0.25) is 0 Å². The SMILES string of the molecule is Cl.NCC(NC(=O)c1cc(F)cc([N+](=O)[O-])c1)C1CC1. The molecule has 110 valence electrons. The van der Waals surface area contributed by atoms with Gasteiger partial charge in [0, 0.05) is 24.2 Å². The van der Waals surface area contributed by atoms with Gasteiger partial charge in [-0.3, -0.25) is 14.9 Å². The van der Waals surface area contributed by atoms with Crippen LogP contribution in [0, 0.1) is 21.8 Å². The number of nitro groups is 1. The molecule has 1 unspecified atom stereocenters. The fraction of sp³-hybridized carbons (Fsp3) is 0.417. The van der Waals surface area contributed by atoms with Crippen LogP contribution < -0.4 is 11.1 Å². The number of carbonyl (C=O) groups excluding carboxylic acids is 1. The van der Waals surface area contributed by atoms with Gasteiger partial charge in [-0.1, -0.05) is 0 Å². The summed E-state index contributed by atoms with van der Waals surface area (Å²) in [5.74, 6) is -0.988. The molecule has 8 heteroatoms. The summed E-state index contributed by atoms with van der Waals surface area (Å²) in [5.41, 5.74) is 5.04. The largest absolute Gasteiger partial charge is 0.348 e. The van der Waals surface area contributed by atoms with Crippen molar-refractivity contribution in [2.45, 2.75) is 18.9 Å². The minimum Gasteiger partial charge on any atom is -0.348 e. The van der Waals surface area contributed by atoms with Gasteiger partial charge in [-0.05, 0) is 24.8 Å². The first kappa shape index (κ1) is 16.3. The maximum absolute atomic E-state index is 13.2. The number of halogens is 2. The molecule has 1 saturated carbocycles. The number of nitrogens with zero attached hydrogens (tertiary/aromatic N) is 1. The number of hydrogen-bond acceptors (Lipinski definition) is 4. The van der Waals surface area contributed by atoms with Gasteiger partial charge in [0.05, 0.1) is 11.0 Å². The minimum absolute atomic E-state index is 0. The number of nitrogens with one attached hydrogen (secondary N) is 1. The van der Waals surface area contributed by atoms with Crippen molar-refractivity contribution in [1.82, 2.24) is 5.32 Å². The average molecular weight is 304 g/mol. The van der Waals surface area contributed by atoms with Gasteiger partial charge in [0.1, 0.15) is 5.82 Å². The fourth-order valence-corrected chi connectivity index (χ4v) is 1.93. The van der Waals surface area contributed by atoms with E-state index in [0.717, 1.165) is 31.0 Å². The number of amides is 1. The van der Waals surface area contributed by atoms with E-state index in [1.165, 1.54) is 0 Å². The summed E-state index contributed by atoms with van der Waals surface area (Å²) in [6.07, 6.45) is 2.01. The Labute approximate surface area is 121 Å². The van der Waals surface area contributed by atoms with Gasteiger partial charge < -0.3 is 11.1 Å². The Morgan fingerprint density at radius 1 is 1.50 bits per heavy atom. The zero-order valence-electron chi connectivity index (χ0n) is 10.5. The van der Waals surface area contributed by atoms with E-state index in [1.807, 2.05) is 0 Å². The van der Waals surface area contributed by atoms with Crippen LogP contribution in [-0.2, 0) is 0 Å². The zero-order chi connectivity index (χ0) is 14.0. The molecule has 3 N–H and O–H groups in total. The summed E-state index contributed by atoms with van der Waals surface area (Å²) in [5, 5.41) is 13.3. The van der Waals surface area contributed by atoms with Crippen molar-refractivity contribution in [2.75, 3.05) is 6.54 Å². The smallest absolute Gasteiger partial charge is 0.273 e. The lowest BCUT2D eigenvalue weighted by Gasteiger charge is -2.15. The lowest BCUT2D eigenvalue weighted by molar-refractivity contribution is -0.385. The first-order chi connectivity index (χ1) is 9.01. The molecule has 1 aliphatic carbocycles. The van der Waals surface area contributed by atoms with E-state index < -0.39 is 22.3 Å². The third kappa shape index (κ3) is 3.88. The molecule has 1 aromatic carbocycles. The van der Waals surface area contributed by atoms with Crippen LogP contribution in [0.15, 0.2) is 18.2 Å². The molecule has 1 aromatic rings. The van der Waals surface area contributed by atoms with Crippen LogP contribution in [0.1, 0.15) is 23.2 Å². The predicted molar refractivity (Wildman–Crippen MR) is 73.3 cm³/mol. The molecular formula is C12H15ClFN3O3. The Hall–Kier alpha value is -1.73. The molecule has 0 radical (unpaired) electrons. The molecule has 0 spiro atoms. The Kier molecular flexibility index (Phi) is 5.41. The standard InChI is InChI=1S/C12H14FN3O3.ClH/c13-9-3-8(4-10(5-9)16(18)19)12(17)15-11(6-14)7-1-2-7;/h3-5,7,11H,1-2,6,14H2,(H,15,17);1H. The van der Waals surface area contributed by atoms with E-state index in [0.29, 0.717) is 12.5 Å². The molecule has 1 atom stereocenters. The molecule has 0 aliphatic heterocycles. The summed E-state index contributed by atoms with van der Waals surface area (Å²) in [6, 6.07) is 2.65. The Bertz CT molecular complexity index is 523. The van der Waals surface area contributed by atoms with E-state index in [2.05, 4.69) is 5.32 Å². The van der Waals surface area contributed by atoms with Crippen molar-refractivity contribution in [3.05, 3.63) is 39.7 Å². The summed E-state index contributed by atoms with van der Waals surface area (Å²) in [4.78, 5) is 21.8. The number of rotatable bonds is 5. The zero-order valence-corrected chi connectivity index (χ0v) is 11.4. The summed E-state index contributed by atoms with van der Waals surface area (Å²) in [6.45, 7) is 0.299. The third-order valence-electron chi connectivity index (χ3n) is 3.12. The molecule has 0 saturated heterocycles. The molecule has 1 amide bonds. The second kappa shape index (κ2) is 6.62. The van der Waals surface area contributed by atoms with E-state index in [9.17, 15) is 19.3 Å². The molecule has 6 nitrogen and oxygen atoms in total. The molecule has 0 heterocycles. The predicted octanol–water partition coefficient (Wildman–Crippen LogP) is 1.62. The highest BCUT2D eigenvalue weighted by atomic mass is 35.5. The van der Waals surface area contributed by atoms with Gasteiger partial charge in [0.15, 0.2) is 0 Å². The van der Waals surface area contributed by atoms with Crippen molar-refractivity contribution in [3.8, 4) is 0 Å². The highest BCUT2D eigenvalue weighted by Gasteiger charge is 2.31. The van der Waals surface area contributed by atoms with E-state index in [1.54, 1.807) is 0 Å². The number of non-ortho nitro benzene ring substituents is 1. The summed E-state index contributed by atoms with van der Waals surface area (Å²) in [7, 11) is 0. The topological polar surface area (TPSA) is 98.3 Å². The van der Waals surface area contributed by atoms with Gasteiger partial charge in [-0.15, -0.1) is 12.4 Å². The molecule has 20 heavy (non-hydrogen) atoms. The maximum Gasteiger partial charge on any atom is 0.273 e. The number of hydrogen-bond donors (Lipinski definition) is 2. The number of nitro benzene ring substituents is 1. The first-order valence-corrected chi connectivity index (χ1v) is 5.97. The quantitative estimate of drug-likeness (QED) is 0.638. The van der Waals surface area contributed by atoms with Gasteiger partial charge in [0.2, 0.25) is 0 Å². The normalized spacial score (nSPS) is 15.1. The van der Waals surface area contributed by atoms with Crippen molar-refractivity contribution < 1.29 is 14.1 Å². The monoisotopic (exact) mass is 303 g/mol. The summed E-state index contributed by atoms with van der Waals surface area (Å²) >= 11 is 0. The van der Waals surface area contributed by atoms with Crippen LogP contribution in [0.5, 0.6) is 0 Å². The molecule has 1 fully saturated rings. The second-order valence-corrected chi connectivity index (χ2v) is 4.61. The van der Waals surface area contributed by atoms with Crippen LogP contribution >= 0.6 is 12.4 Å². The fourth-order valence-electron chi connectivity index (χ4n) is 1.93. The highest BCUT2D eigenvalue weighted by Crippen LogP contribution is 2.32. The van der Waals surface area contributed by atoms with Gasteiger partial charge in [-0.25, -0.2) is 4.39 Å². The van der Waals surface area contributed by atoms with E-state index in [-0.39, 0.29) is 24.0 Å². The van der Waals surface area contributed by atoms with Crippen molar-refractivity contribution >= 4 is 24.0 Å². The molecular weight excluding hydrogens is 289 g/mol. The lowest BCUT2D eigenvalue weighted by atomic mass is 10.1. The Morgan fingerprint density at radius 2 is 2.15 bits per heavy atom. The molecule has 0 bridgehead atoms. The van der Waals surface area contributed by atoms with Gasteiger partial charge in [-0.2, -0.15) is 0 Å². The number of benzene rings is 1. The number of nitrogens with two attached hydrogens (primary N) is 1. The van der Waals surface area contributed by atoms with Crippen LogP contribution in [0.4, 0.5) is 10.1 Å². The first-order valence-electron chi connectivity index (χ1n) is 5.97. The maximum atomic E-state index is 13.2. The average Bonchev–Trinajstić information content (AvgIpc) is 3.19. The van der Waals surface area contributed by atoms with Crippen LogP contribution in [0.3, 0.4) is 0 Å². The molecule has 0 aromatic heterocycles. The van der Waals surface area contributed by atoms with Crippen molar-refractivity contribution in [3.63, 3.8) is 0 Å². The molecule has 1 aliphatic rings. The highest BCUT2D eigenvalue weighted by molar-refractivity contribution is 5.95. The van der Waals surface area contributed by atoms with E-state index in [4.69, 9.17) is 5.73 Å². The Morgan fingerprint density at radius 3 is 2.65 bits per heavy atom. The second-order valence-electron chi connectivity index (χ2n) is 4.61. The van der Waals surface area contributed by atoms with E-state index >= 15 is 0 Å².